The summed E-state index contributed by atoms with van der Waals surface area (Å²) in [6.45, 7) is 0. The summed E-state index contributed by atoms with van der Waals surface area (Å²) in [6, 6.07) is 5.68. The molecule has 0 radical (unpaired) electrons. The molecule has 0 atom stereocenters. The Balaban J connectivity index is 2.81. The first kappa shape index (κ1) is 8.68. The van der Waals surface area contributed by atoms with E-state index in [1.165, 1.54) is 0 Å². The topological polar surface area (TPSA) is 34.9 Å². The lowest BCUT2D eigenvalue weighted by Gasteiger charge is -1.96. The Morgan fingerprint density at radius 3 is 3.00 bits per heavy atom. The third-order valence-electron chi connectivity index (χ3n) is 1.96. The van der Waals surface area contributed by atoms with Crippen LogP contribution in [0.5, 0.6) is 0 Å². The van der Waals surface area contributed by atoms with Crippen molar-refractivity contribution in [1.82, 2.24) is 9.55 Å². The molecule has 66 valence electrons. The molecule has 0 aromatic carbocycles. The van der Waals surface area contributed by atoms with Crippen molar-refractivity contribution in [3.05, 3.63) is 27.6 Å². The number of aromatic nitrogens is 2. The van der Waals surface area contributed by atoms with Crippen LogP contribution in [-0.2, 0) is 7.05 Å². The largest absolute Gasteiger partial charge is 0.324 e. The van der Waals surface area contributed by atoms with Gasteiger partial charge in [0.05, 0.1) is 3.70 Å². The van der Waals surface area contributed by atoms with Gasteiger partial charge in [0.1, 0.15) is 11.3 Å². The molecule has 2 rings (SSSR count). The molecule has 0 amide bonds. The number of aryl methyl sites for hydroxylation is 1. The van der Waals surface area contributed by atoms with Crippen molar-refractivity contribution >= 4 is 39.9 Å². The molecule has 0 aliphatic rings. The standard InChI is InChI=1S/C9H7IN2O/c1-12-8(10)4-6-2-3-7(5-13)11-9(6)12/h2-5H,1H3. The first-order valence-electron chi connectivity index (χ1n) is 3.79. The summed E-state index contributed by atoms with van der Waals surface area (Å²) < 4.78 is 3.08. The molecule has 0 N–H and O–H groups in total. The molecule has 4 heteroatoms. The normalized spacial score (nSPS) is 10.6. The molecule has 0 spiro atoms. The quantitative estimate of drug-likeness (QED) is 0.593. The zero-order valence-corrected chi connectivity index (χ0v) is 9.15. The van der Waals surface area contributed by atoms with E-state index in [1.807, 2.05) is 23.7 Å². The van der Waals surface area contributed by atoms with Gasteiger partial charge in [-0.25, -0.2) is 4.98 Å². The zero-order chi connectivity index (χ0) is 9.42. The molecule has 0 bridgehead atoms. The molecule has 2 aromatic heterocycles. The second-order valence-electron chi connectivity index (χ2n) is 2.79. The van der Waals surface area contributed by atoms with Gasteiger partial charge in [-0.1, -0.05) is 0 Å². The maximum Gasteiger partial charge on any atom is 0.168 e. The van der Waals surface area contributed by atoms with Crippen molar-refractivity contribution < 1.29 is 4.79 Å². The fraction of sp³-hybridized carbons (Fsp3) is 0.111. The van der Waals surface area contributed by atoms with Gasteiger partial charge in [-0.05, 0) is 40.8 Å². The second kappa shape index (κ2) is 3.10. The van der Waals surface area contributed by atoms with Crippen LogP contribution in [-0.4, -0.2) is 15.8 Å². The second-order valence-corrected chi connectivity index (χ2v) is 3.90. The average molecular weight is 286 g/mol. The zero-order valence-electron chi connectivity index (χ0n) is 6.99. The summed E-state index contributed by atoms with van der Waals surface area (Å²) in [6.07, 6.45) is 0.763. The van der Waals surface area contributed by atoms with Gasteiger partial charge in [0.15, 0.2) is 6.29 Å². The summed E-state index contributed by atoms with van der Waals surface area (Å²) in [5.41, 5.74) is 1.33. The van der Waals surface area contributed by atoms with E-state index in [-0.39, 0.29) is 0 Å². The minimum Gasteiger partial charge on any atom is -0.324 e. The van der Waals surface area contributed by atoms with Crippen LogP contribution in [0.2, 0.25) is 0 Å². The Labute approximate surface area is 88.9 Å². The van der Waals surface area contributed by atoms with Crippen molar-refractivity contribution in [2.45, 2.75) is 0 Å². The minimum absolute atomic E-state index is 0.477. The maximum atomic E-state index is 10.5. The molecule has 2 heterocycles. The van der Waals surface area contributed by atoms with Gasteiger partial charge in [0.25, 0.3) is 0 Å². The summed E-state index contributed by atoms with van der Waals surface area (Å²) in [5, 5.41) is 1.07. The molecule has 0 saturated carbocycles. The lowest BCUT2D eigenvalue weighted by Crippen LogP contribution is -1.94. The Bertz CT molecular complexity index is 476. The number of carbonyl (C=O) groups excluding carboxylic acids is 1. The van der Waals surface area contributed by atoms with E-state index in [0.29, 0.717) is 5.69 Å². The van der Waals surface area contributed by atoms with Crippen molar-refractivity contribution in [1.29, 1.82) is 0 Å². The molecule has 0 aliphatic carbocycles. The van der Waals surface area contributed by atoms with Gasteiger partial charge in [-0.15, -0.1) is 0 Å². The molecule has 0 fully saturated rings. The van der Waals surface area contributed by atoms with Crippen LogP contribution in [0.15, 0.2) is 18.2 Å². The molecule has 2 aromatic rings. The van der Waals surface area contributed by atoms with Crippen LogP contribution in [0, 0.1) is 3.70 Å². The Morgan fingerprint density at radius 1 is 1.54 bits per heavy atom. The van der Waals surface area contributed by atoms with E-state index in [9.17, 15) is 4.79 Å². The number of halogens is 1. The minimum atomic E-state index is 0.477. The smallest absolute Gasteiger partial charge is 0.168 e. The summed E-state index contributed by atoms with van der Waals surface area (Å²) in [7, 11) is 1.94. The number of pyridine rings is 1. The monoisotopic (exact) mass is 286 g/mol. The fourth-order valence-electron chi connectivity index (χ4n) is 1.25. The number of carbonyl (C=O) groups is 1. The molecule has 3 nitrogen and oxygen atoms in total. The summed E-state index contributed by atoms with van der Waals surface area (Å²) >= 11 is 2.24. The highest BCUT2D eigenvalue weighted by Gasteiger charge is 2.04. The number of hydrogen-bond acceptors (Lipinski definition) is 2. The van der Waals surface area contributed by atoms with E-state index < -0.39 is 0 Å². The first-order chi connectivity index (χ1) is 6.22. The van der Waals surface area contributed by atoms with Crippen LogP contribution >= 0.6 is 22.6 Å². The van der Waals surface area contributed by atoms with Crippen LogP contribution < -0.4 is 0 Å². The summed E-state index contributed by atoms with van der Waals surface area (Å²) in [5.74, 6) is 0. The van der Waals surface area contributed by atoms with Crippen LogP contribution in [0.1, 0.15) is 10.5 Å². The highest BCUT2D eigenvalue weighted by Crippen LogP contribution is 2.17. The fourth-order valence-corrected chi connectivity index (χ4v) is 1.81. The van der Waals surface area contributed by atoms with Gasteiger partial charge in [0.2, 0.25) is 0 Å². The van der Waals surface area contributed by atoms with Gasteiger partial charge in [-0.3, -0.25) is 4.79 Å². The summed E-state index contributed by atoms with van der Waals surface area (Å²) in [4.78, 5) is 14.7. The van der Waals surface area contributed by atoms with Crippen molar-refractivity contribution in [3.63, 3.8) is 0 Å². The molecule has 13 heavy (non-hydrogen) atoms. The average Bonchev–Trinajstić information content (AvgIpc) is 2.43. The SMILES string of the molecule is Cn1c(I)cc2ccc(C=O)nc21. The highest BCUT2D eigenvalue weighted by atomic mass is 127. The van der Waals surface area contributed by atoms with E-state index >= 15 is 0 Å². The molecule has 0 aliphatic heterocycles. The first-order valence-corrected chi connectivity index (χ1v) is 4.87. The number of hydrogen-bond donors (Lipinski definition) is 0. The van der Waals surface area contributed by atoms with E-state index in [2.05, 4.69) is 27.6 Å². The van der Waals surface area contributed by atoms with Crippen molar-refractivity contribution in [2.75, 3.05) is 0 Å². The number of fused-ring (bicyclic) bond motifs is 1. The van der Waals surface area contributed by atoms with Gasteiger partial charge >= 0.3 is 0 Å². The van der Waals surface area contributed by atoms with Crippen LogP contribution in [0.3, 0.4) is 0 Å². The van der Waals surface area contributed by atoms with Crippen LogP contribution in [0.4, 0.5) is 0 Å². The van der Waals surface area contributed by atoms with E-state index in [4.69, 9.17) is 0 Å². The van der Waals surface area contributed by atoms with E-state index in [0.717, 1.165) is 21.0 Å². The van der Waals surface area contributed by atoms with Crippen molar-refractivity contribution in [3.8, 4) is 0 Å². The Kier molecular flexibility index (Phi) is 2.07. The molecule has 0 unspecified atom stereocenters. The van der Waals surface area contributed by atoms with Crippen LogP contribution in [0.25, 0.3) is 11.0 Å². The molecular weight excluding hydrogens is 279 g/mol. The number of rotatable bonds is 1. The molecular formula is C9H7IN2O. The lowest BCUT2D eigenvalue weighted by molar-refractivity contribution is 0.111. The van der Waals surface area contributed by atoms with Gasteiger partial charge in [-0.2, -0.15) is 0 Å². The predicted molar refractivity (Wildman–Crippen MR) is 58.8 cm³/mol. The number of aldehydes is 1. The predicted octanol–water partition coefficient (Wildman–Crippen LogP) is 1.99. The Morgan fingerprint density at radius 2 is 2.31 bits per heavy atom. The van der Waals surface area contributed by atoms with Gasteiger partial charge < -0.3 is 4.57 Å². The van der Waals surface area contributed by atoms with E-state index in [1.54, 1.807) is 6.07 Å². The third-order valence-corrected chi connectivity index (χ3v) is 3.00. The maximum absolute atomic E-state index is 10.5. The lowest BCUT2D eigenvalue weighted by atomic mass is 10.3. The third kappa shape index (κ3) is 1.35. The molecule has 0 saturated heterocycles. The highest BCUT2D eigenvalue weighted by molar-refractivity contribution is 14.1. The number of nitrogens with zero attached hydrogens (tertiary/aromatic N) is 2. The van der Waals surface area contributed by atoms with Crippen molar-refractivity contribution in [2.24, 2.45) is 7.05 Å². The Hall–Kier alpha value is -0.910. The van der Waals surface area contributed by atoms with Gasteiger partial charge in [0, 0.05) is 12.4 Å².